The lowest BCUT2D eigenvalue weighted by molar-refractivity contribution is 0.175. The van der Waals surface area contributed by atoms with Gasteiger partial charge in [-0.1, -0.05) is 11.6 Å². The zero-order valence-corrected chi connectivity index (χ0v) is 17.1. The summed E-state index contributed by atoms with van der Waals surface area (Å²) < 4.78 is 1.73. The highest BCUT2D eigenvalue weighted by atomic mass is 35.5. The van der Waals surface area contributed by atoms with Gasteiger partial charge in [0, 0.05) is 41.5 Å². The molecule has 1 unspecified atom stereocenters. The Morgan fingerprint density at radius 1 is 1.07 bits per heavy atom. The summed E-state index contributed by atoms with van der Waals surface area (Å²) in [6, 6.07) is 5.34. The summed E-state index contributed by atoms with van der Waals surface area (Å²) in [6.07, 6.45) is 7.13. The number of aliphatic hydroxyl groups excluding tert-OH is 1. The number of aryl methyl sites for hydroxylation is 1. The molecule has 10 heteroatoms. The average Bonchev–Trinajstić information content (AvgIpc) is 3.02. The minimum atomic E-state index is -0.889. The maximum absolute atomic E-state index is 10.5. The molecule has 9 nitrogen and oxygen atoms in total. The van der Waals surface area contributed by atoms with Crippen LogP contribution in [0.5, 0.6) is 0 Å². The molecule has 2 N–H and O–H groups in total. The van der Waals surface area contributed by atoms with E-state index in [4.69, 9.17) is 11.6 Å². The standard InChI is InChI=1S/C20H19ClN8O/c1-12-20(15-7-17(21)26-11-25-15)13(2)29(28-12)10-19(30)27-18-4-3-14(8-24-18)16-9-22-5-6-23-16/h3-9,11,19,30H,10H2,1-2H3,(H,24,27). The number of nitrogens with one attached hydrogen (secondary N) is 1. The summed E-state index contributed by atoms with van der Waals surface area (Å²) in [5, 5.41) is 18.4. The first-order valence-corrected chi connectivity index (χ1v) is 9.58. The molecule has 4 rings (SSSR count). The van der Waals surface area contributed by atoms with E-state index < -0.39 is 6.23 Å². The fourth-order valence-electron chi connectivity index (χ4n) is 3.17. The molecule has 4 aromatic heterocycles. The Labute approximate surface area is 177 Å². The quantitative estimate of drug-likeness (QED) is 0.360. The van der Waals surface area contributed by atoms with E-state index in [1.807, 2.05) is 19.9 Å². The number of nitrogens with zero attached hydrogens (tertiary/aromatic N) is 7. The lowest BCUT2D eigenvalue weighted by atomic mass is 10.1. The smallest absolute Gasteiger partial charge is 0.145 e. The maximum atomic E-state index is 10.5. The molecule has 0 saturated carbocycles. The van der Waals surface area contributed by atoms with Gasteiger partial charge in [-0.25, -0.2) is 15.0 Å². The van der Waals surface area contributed by atoms with Gasteiger partial charge in [-0.2, -0.15) is 5.10 Å². The van der Waals surface area contributed by atoms with Crippen molar-refractivity contribution in [2.24, 2.45) is 0 Å². The largest absolute Gasteiger partial charge is 0.372 e. The highest BCUT2D eigenvalue weighted by molar-refractivity contribution is 6.29. The molecule has 0 bridgehead atoms. The van der Waals surface area contributed by atoms with Gasteiger partial charge in [0.15, 0.2) is 0 Å². The van der Waals surface area contributed by atoms with Crippen LogP contribution in [0.2, 0.25) is 5.15 Å². The van der Waals surface area contributed by atoms with Crippen LogP contribution in [-0.4, -0.2) is 46.0 Å². The fraction of sp³-hybridized carbons (Fsp3) is 0.200. The third-order valence-electron chi connectivity index (χ3n) is 4.55. The molecule has 0 aromatic carbocycles. The van der Waals surface area contributed by atoms with Gasteiger partial charge in [-0.15, -0.1) is 0 Å². The molecule has 4 aromatic rings. The van der Waals surface area contributed by atoms with Crippen molar-refractivity contribution >= 4 is 17.4 Å². The van der Waals surface area contributed by atoms with Gasteiger partial charge in [0.1, 0.15) is 23.5 Å². The summed E-state index contributed by atoms with van der Waals surface area (Å²) in [5.41, 5.74) is 4.81. The monoisotopic (exact) mass is 422 g/mol. The number of aromatic nitrogens is 7. The van der Waals surface area contributed by atoms with E-state index in [1.165, 1.54) is 6.33 Å². The van der Waals surface area contributed by atoms with Crippen molar-refractivity contribution in [2.45, 2.75) is 26.6 Å². The van der Waals surface area contributed by atoms with Crippen molar-refractivity contribution in [1.82, 2.24) is 34.7 Å². The Balaban J connectivity index is 1.47. The number of anilines is 1. The van der Waals surface area contributed by atoms with Crippen LogP contribution < -0.4 is 5.32 Å². The van der Waals surface area contributed by atoms with Crippen LogP contribution in [0.3, 0.4) is 0 Å². The van der Waals surface area contributed by atoms with Gasteiger partial charge >= 0.3 is 0 Å². The van der Waals surface area contributed by atoms with Crippen molar-refractivity contribution in [2.75, 3.05) is 5.32 Å². The van der Waals surface area contributed by atoms with Crippen molar-refractivity contribution in [3.05, 3.63) is 65.9 Å². The minimum Gasteiger partial charge on any atom is -0.372 e. The number of hydrogen-bond donors (Lipinski definition) is 2. The van der Waals surface area contributed by atoms with Crippen LogP contribution in [-0.2, 0) is 6.54 Å². The SMILES string of the molecule is Cc1nn(CC(O)Nc2ccc(-c3cnccn3)cn2)c(C)c1-c1cc(Cl)ncn1. The molecular weight excluding hydrogens is 404 g/mol. The summed E-state index contributed by atoms with van der Waals surface area (Å²) in [5.74, 6) is 0.541. The molecule has 0 spiro atoms. The third kappa shape index (κ3) is 4.27. The predicted octanol–water partition coefficient (Wildman–Crippen LogP) is 2.89. The molecule has 1 atom stereocenters. The summed E-state index contributed by atoms with van der Waals surface area (Å²) in [7, 11) is 0. The van der Waals surface area contributed by atoms with E-state index in [0.717, 1.165) is 28.2 Å². The second-order valence-electron chi connectivity index (χ2n) is 6.64. The van der Waals surface area contributed by atoms with Crippen LogP contribution in [0, 0.1) is 13.8 Å². The fourth-order valence-corrected chi connectivity index (χ4v) is 3.32. The Morgan fingerprint density at radius 3 is 2.63 bits per heavy atom. The predicted molar refractivity (Wildman–Crippen MR) is 113 cm³/mol. The van der Waals surface area contributed by atoms with Crippen molar-refractivity contribution in [3.63, 3.8) is 0 Å². The molecule has 0 saturated heterocycles. The van der Waals surface area contributed by atoms with Crippen molar-refractivity contribution in [3.8, 4) is 22.5 Å². The molecule has 4 heterocycles. The first-order valence-electron chi connectivity index (χ1n) is 9.20. The number of aliphatic hydroxyl groups is 1. The third-order valence-corrected chi connectivity index (χ3v) is 4.76. The van der Waals surface area contributed by atoms with Crippen LogP contribution in [0.25, 0.3) is 22.5 Å². The first kappa shape index (κ1) is 19.9. The van der Waals surface area contributed by atoms with Crippen LogP contribution in [0.15, 0.2) is 49.3 Å². The van der Waals surface area contributed by atoms with E-state index in [2.05, 4.69) is 35.3 Å². The zero-order chi connectivity index (χ0) is 21.1. The molecule has 0 aliphatic rings. The van der Waals surface area contributed by atoms with Crippen LogP contribution in [0.1, 0.15) is 11.4 Å². The minimum absolute atomic E-state index is 0.235. The second-order valence-corrected chi connectivity index (χ2v) is 7.02. The molecular formula is C20H19ClN8O. The van der Waals surface area contributed by atoms with Gasteiger partial charge in [0.25, 0.3) is 0 Å². The summed E-state index contributed by atoms with van der Waals surface area (Å²) in [4.78, 5) is 20.8. The topological polar surface area (TPSA) is 115 Å². The van der Waals surface area contributed by atoms with Gasteiger partial charge in [0.2, 0.25) is 0 Å². The lowest BCUT2D eigenvalue weighted by Crippen LogP contribution is -2.26. The van der Waals surface area contributed by atoms with Gasteiger partial charge in [0.05, 0.1) is 29.8 Å². The van der Waals surface area contributed by atoms with Gasteiger partial charge < -0.3 is 10.4 Å². The molecule has 0 aliphatic carbocycles. The highest BCUT2D eigenvalue weighted by Crippen LogP contribution is 2.26. The number of hydrogen-bond acceptors (Lipinski definition) is 8. The second kappa shape index (κ2) is 8.52. The summed E-state index contributed by atoms with van der Waals surface area (Å²) >= 11 is 5.99. The molecule has 0 radical (unpaired) electrons. The molecule has 0 aliphatic heterocycles. The van der Waals surface area contributed by atoms with E-state index in [-0.39, 0.29) is 6.54 Å². The Morgan fingerprint density at radius 2 is 1.93 bits per heavy atom. The molecule has 0 fully saturated rings. The van der Waals surface area contributed by atoms with E-state index >= 15 is 0 Å². The number of rotatable bonds is 6. The molecule has 0 amide bonds. The normalized spacial score (nSPS) is 12.0. The van der Waals surface area contributed by atoms with E-state index in [0.29, 0.717) is 16.7 Å². The average molecular weight is 423 g/mol. The maximum Gasteiger partial charge on any atom is 0.145 e. The zero-order valence-electron chi connectivity index (χ0n) is 16.4. The van der Waals surface area contributed by atoms with Crippen LogP contribution in [0.4, 0.5) is 5.82 Å². The van der Waals surface area contributed by atoms with Crippen molar-refractivity contribution < 1.29 is 5.11 Å². The first-order chi connectivity index (χ1) is 14.5. The van der Waals surface area contributed by atoms with Crippen LogP contribution >= 0.6 is 11.6 Å². The van der Waals surface area contributed by atoms with Gasteiger partial charge in [-0.05, 0) is 26.0 Å². The lowest BCUT2D eigenvalue weighted by Gasteiger charge is -2.15. The highest BCUT2D eigenvalue weighted by Gasteiger charge is 2.17. The number of halogens is 1. The number of pyridine rings is 1. The summed E-state index contributed by atoms with van der Waals surface area (Å²) in [6.45, 7) is 4.05. The van der Waals surface area contributed by atoms with Gasteiger partial charge in [-0.3, -0.25) is 14.6 Å². The Bertz CT molecular complexity index is 1150. The van der Waals surface area contributed by atoms with Crippen molar-refractivity contribution in [1.29, 1.82) is 0 Å². The van der Waals surface area contributed by atoms with E-state index in [1.54, 1.807) is 41.6 Å². The Hall–Kier alpha value is -3.43. The molecule has 30 heavy (non-hydrogen) atoms. The van der Waals surface area contributed by atoms with E-state index in [9.17, 15) is 5.11 Å². The molecule has 152 valence electrons. The Kier molecular flexibility index (Phi) is 5.64.